The van der Waals surface area contributed by atoms with Gasteiger partial charge in [-0.1, -0.05) is 24.3 Å². The molecule has 27 nitrogen and oxygen atoms in total. The van der Waals surface area contributed by atoms with Crippen molar-refractivity contribution < 1.29 is 159 Å². The van der Waals surface area contributed by atoms with Crippen LogP contribution >= 0.6 is 0 Å². The Hall–Kier alpha value is -6.04. The summed E-state index contributed by atoms with van der Waals surface area (Å²) in [5.41, 5.74) is -24.9. The molecule has 105 heavy (non-hydrogen) atoms. The molecule has 1 aromatic rings. The van der Waals surface area contributed by atoms with Gasteiger partial charge in [0.25, 0.3) is 0 Å². The van der Waals surface area contributed by atoms with E-state index in [9.17, 15) is 98.3 Å². The van der Waals surface area contributed by atoms with E-state index in [0.717, 1.165) is 29.7 Å². The highest BCUT2D eigenvalue weighted by Crippen LogP contribution is 2.47. The first-order valence-electron chi connectivity index (χ1n) is 33.3. The topological polar surface area (TPSA) is 345 Å². The van der Waals surface area contributed by atoms with E-state index in [-0.39, 0.29) is 119 Å². The van der Waals surface area contributed by atoms with Gasteiger partial charge in [-0.25, -0.2) is 0 Å². The molecule has 1 aromatic carbocycles. The van der Waals surface area contributed by atoms with Crippen LogP contribution in [0.25, 0.3) is 0 Å². The van der Waals surface area contributed by atoms with Crippen LogP contribution in [0.4, 0.5) is 45.2 Å². The number of benzene rings is 1. The standard InChI is InChI=1S/C18H29BO6.C13H17F3O7S.C12H24B2O4.C12H18O5.C8H5F6NO4S2/c1-7-22-14(20)18(15(21)23-8-2)11-9-13(10-12-18)19-24-16(3,4)17(5,6)25-19;1-3-21-10(17)12(11(18)22-4-2)7-5-9(6-8-12)23-24(19,20)13(14,15)16;1-9(2)10(3,4)16-13(15-9)14-17-11(5,6)12(7,8)18-14;1-3-16-10(14)12(11(15)17-4-2)7-5-9(13)6-8-12;9-7(10,11)20(16,17)15(6-4-2-1-3-5-6)21(18,19)8(12,13)14/h9H,7-8,10-12H2,1-6H3;5H,3-4,6-8H2,1-2H3;1-8H3;3-8H2,1-2H3;1-5H. The molecular formula is C63H93B3F9NO26S3. The molecule has 6 aliphatic rings. The molecular weight excluding hydrogens is 1490 g/mol. The van der Waals surface area contributed by atoms with Gasteiger partial charge in [0.2, 0.25) is 0 Å². The minimum atomic E-state index is -6.81. The summed E-state index contributed by atoms with van der Waals surface area (Å²) in [5, 5.41) is 0. The molecule has 42 heteroatoms. The van der Waals surface area contributed by atoms with Gasteiger partial charge in [0, 0.05) is 19.3 Å². The van der Waals surface area contributed by atoms with Crippen LogP contribution in [-0.4, -0.2) is 178 Å². The number of ether oxygens (including phenoxy) is 6. The number of halogens is 9. The van der Waals surface area contributed by atoms with E-state index in [2.05, 4.69) is 4.18 Å². The van der Waals surface area contributed by atoms with Crippen LogP contribution in [0.5, 0.6) is 0 Å². The van der Waals surface area contributed by atoms with E-state index in [1.807, 2.05) is 89.2 Å². The summed E-state index contributed by atoms with van der Waals surface area (Å²) < 4.78 is 246. The van der Waals surface area contributed by atoms with Crippen LogP contribution in [-0.2, 0) is 124 Å². The Labute approximate surface area is 607 Å². The highest BCUT2D eigenvalue weighted by molar-refractivity contribution is 8.11. The number of para-hydroxylation sites is 1. The molecule has 0 aromatic heterocycles. The molecule has 3 aliphatic carbocycles. The second-order valence-corrected chi connectivity index (χ2v) is 32.5. The lowest BCUT2D eigenvalue weighted by Crippen LogP contribution is -2.49. The Kier molecular flexibility index (Phi) is 31.2. The van der Waals surface area contributed by atoms with Crippen LogP contribution in [0.1, 0.15) is 189 Å². The van der Waals surface area contributed by atoms with Crippen molar-refractivity contribution in [2.24, 2.45) is 16.2 Å². The highest BCUT2D eigenvalue weighted by Gasteiger charge is 2.65. The van der Waals surface area contributed by atoms with Crippen molar-refractivity contribution in [3.63, 3.8) is 0 Å². The number of ketones is 1. The summed E-state index contributed by atoms with van der Waals surface area (Å²) in [5.74, 6) is -4.33. The number of rotatable bonds is 19. The maximum absolute atomic E-state index is 12.5. The predicted molar refractivity (Wildman–Crippen MR) is 358 cm³/mol. The van der Waals surface area contributed by atoms with E-state index in [4.69, 9.17) is 56.3 Å². The van der Waals surface area contributed by atoms with Gasteiger partial charge in [-0.15, -0.1) is 3.71 Å². The molecule has 0 atom stereocenters. The Balaban J connectivity index is 0.000000343. The number of sulfonamides is 2. The molecule has 3 saturated heterocycles. The van der Waals surface area contributed by atoms with Crippen molar-refractivity contribution in [3.8, 4) is 0 Å². The van der Waals surface area contributed by atoms with Gasteiger partial charge in [-0.05, 0) is 193 Å². The molecule has 596 valence electrons. The van der Waals surface area contributed by atoms with Crippen molar-refractivity contribution in [3.05, 3.63) is 53.7 Å². The third-order valence-electron chi connectivity index (χ3n) is 18.5. The molecule has 0 amide bonds. The van der Waals surface area contributed by atoms with Crippen LogP contribution in [0, 0.1) is 16.2 Å². The quantitative estimate of drug-likeness (QED) is 0.0236. The monoisotopic (exact) mass is 1580 g/mol. The van der Waals surface area contributed by atoms with E-state index in [1.54, 1.807) is 27.7 Å². The summed E-state index contributed by atoms with van der Waals surface area (Å²) >= 11 is 0. The highest BCUT2D eigenvalue weighted by atomic mass is 32.3. The maximum Gasteiger partial charge on any atom is 0.534 e. The number of carbonyl (C=O) groups excluding carboxylic acids is 7. The first kappa shape index (κ1) is 93.2. The third kappa shape index (κ3) is 21.5. The molecule has 4 fully saturated rings. The molecule has 7 rings (SSSR count). The summed E-state index contributed by atoms with van der Waals surface area (Å²) in [6, 6.07) is 3.85. The number of nitrogens with zero attached hydrogens (tertiary/aromatic N) is 1. The van der Waals surface area contributed by atoms with Crippen molar-refractivity contribution in [2.45, 2.75) is 239 Å². The van der Waals surface area contributed by atoms with E-state index in [1.165, 1.54) is 13.8 Å². The van der Waals surface area contributed by atoms with Gasteiger partial charge in [0.05, 0.1) is 78.9 Å². The zero-order valence-corrected chi connectivity index (χ0v) is 64.2. The van der Waals surface area contributed by atoms with Gasteiger partial charge < -0.3 is 60.5 Å². The Morgan fingerprint density at radius 2 is 0.705 bits per heavy atom. The average Bonchev–Trinajstić information content (AvgIpc) is 1.72. The summed E-state index contributed by atoms with van der Waals surface area (Å²) in [6.45, 7) is 35.0. The Morgan fingerprint density at radius 3 is 0.971 bits per heavy atom. The third-order valence-corrected chi connectivity index (χ3v) is 23.1. The molecule has 0 radical (unpaired) electrons. The van der Waals surface area contributed by atoms with Crippen LogP contribution in [0.3, 0.4) is 0 Å². The number of esters is 6. The summed E-state index contributed by atoms with van der Waals surface area (Å²) in [4.78, 5) is 84.1. The van der Waals surface area contributed by atoms with Crippen LogP contribution in [0.2, 0.25) is 0 Å². The normalized spacial score (nSPS) is 21.0. The van der Waals surface area contributed by atoms with Gasteiger partial charge in [0.1, 0.15) is 11.5 Å². The van der Waals surface area contributed by atoms with Crippen LogP contribution < -0.4 is 3.71 Å². The van der Waals surface area contributed by atoms with Gasteiger partial charge in [-0.3, -0.25) is 33.6 Å². The Bertz CT molecular complexity index is 3470. The van der Waals surface area contributed by atoms with E-state index < -0.39 is 146 Å². The van der Waals surface area contributed by atoms with Gasteiger partial charge in [-0.2, -0.15) is 64.8 Å². The smallest absolute Gasteiger partial charge is 0.465 e. The molecule has 0 N–H and O–H groups in total. The van der Waals surface area contributed by atoms with Crippen molar-refractivity contribution in [2.75, 3.05) is 43.4 Å². The number of hydrogen-bond donors (Lipinski definition) is 0. The minimum Gasteiger partial charge on any atom is -0.465 e. The molecule has 0 bridgehead atoms. The lowest BCUT2D eigenvalue weighted by molar-refractivity contribution is -0.176. The second-order valence-electron chi connectivity index (χ2n) is 27.2. The van der Waals surface area contributed by atoms with Gasteiger partial charge >= 0.3 is 104 Å². The lowest BCUT2D eigenvalue weighted by atomic mass is 9.49. The Morgan fingerprint density at radius 1 is 0.419 bits per heavy atom. The molecule has 0 unspecified atom stereocenters. The fraction of sp³-hybridized carbons (Fsp3) is 0.730. The van der Waals surface area contributed by atoms with E-state index >= 15 is 0 Å². The number of carbonyl (C=O) groups is 7. The fourth-order valence-electron chi connectivity index (χ4n) is 10.3. The van der Waals surface area contributed by atoms with Crippen LogP contribution in [0.15, 0.2) is 53.7 Å². The maximum atomic E-state index is 12.5. The number of allylic oxidation sites excluding steroid dienone is 4. The first-order chi connectivity index (χ1) is 47.8. The minimum absolute atomic E-state index is 0.00445. The zero-order chi connectivity index (χ0) is 81.0. The van der Waals surface area contributed by atoms with Crippen molar-refractivity contribution in [1.29, 1.82) is 0 Å². The first-order valence-corrected chi connectivity index (χ1v) is 37.5. The van der Waals surface area contributed by atoms with Crippen molar-refractivity contribution in [1.82, 2.24) is 0 Å². The van der Waals surface area contributed by atoms with Crippen molar-refractivity contribution >= 4 is 98.6 Å². The average molecular weight is 1580 g/mol. The zero-order valence-electron chi connectivity index (χ0n) is 61.8. The molecule has 3 heterocycles. The largest absolute Gasteiger partial charge is 0.534 e. The van der Waals surface area contributed by atoms with Gasteiger partial charge in [0.15, 0.2) is 16.2 Å². The number of Topliss-reactive ketones (excluding diaryl/α,β-unsaturated/α-hetero) is 1. The molecule has 1 saturated carbocycles. The molecule has 0 spiro atoms. The second kappa shape index (κ2) is 35.1. The molecule has 3 aliphatic heterocycles. The summed E-state index contributed by atoms with van der Waals surface area (Å²) in [7, 11) is -20.8. The lowest BCUT2D eigenvalue weighted by Gasteiger charge is -2.32. The predicted octanol–water partition coefficient (Wildman–Crippen LogP) is 10.6. The number of anilines is 1. The SMILES string of the molecule is CC1(C)OB(B2OC(C)(C)C(C)(C)O2)OC1(C)C.CCOC(=O)C1(C(=O)OCC)CC=C(B2OC(C)(C)C(C)(C)O2)CC1.CCOC(=O)C1(C(=O)OCC)CC=C(OS(=O)(=O)C(F)(F)F)CC1.CCOC(=O)C1(C(=O)OCC)CCC(=O)CC1.O=S(=O)(N(c1ccccc1)S(=O)(=O)C(F)(F)F)C(F)(F)F. The summed E-state index contributed by atoms with van der Waals surface area (Å²) in [6.07, 6.45) is 3.76. The van der Waals surface area contributed by atoms with E-state index in [0.29, 0.717) is 25.0 Å². The number of hydrogen-bond acceptors (Lipinski definition) is 26. The fourth-order valence-corrected chi connectivity index (χ4v) is 13.5. The number of alkyl halides is 9.